The highest BCUT2D eigenvalue weighted by molar-refractivity contribution is 7.13. The number of nitrogens with one attached hydrogen (secondary N) is 1. The third-order valence-corrected chi connectivity index (χ3v) is 3.77. The Morgan fingerprint density at radius 3 is 3.17 bits per heavy atom. The molecule has 1 aliphatic heterocycles. The summed E-state index contributed by atoms with van der Waals surface area (Å²) in [6.07, 6.45) is 2.33. The molecule has 3 unspecified atom stereocenters. The maximum Gasteiger partial charge on any atom is 0.326 e. The number of thiazole rings is 1. The first kappa shape index (κ1) is 13.3. The number of aromatic nitrogens is 1. The van der Waals surface area contributed by atoms with E-state index < -0.39 is 12.0 Å². The van der Waals surface area contributed by atoms with E-state index in [1.54, 1.807) is 5.38 Å². The lowest BCUT2D eigenvalue weighted by Gasteiger charge is -2.19. The molecule has 2 rings (SSSR count). The molecule has 0 aromatic carbocycles. The van der Waals surface area contributed by atoms with E-state index in [0.29, 0.717) is 10.8 Å². The number of nitrogens with zero attached hydrogens (tertiary/aromatic N) is 1. The van der Waals surface area contributed by atoms with Gasteiger partial charge in [-0.05, 0) is 19.8 Å². The molecule has 1 saturated heterocycles. The van der Waals surface area contributed by atoms with Crippen molar-refractivity contribution in [1.29, 1.82) is 0 Å². The average molecular weight is 271 g/mol. The molecule has 1 aromatic rings. The Balaban J connectivity index is 1.95. The minimum atomic E-state index is -1.07. The van der Waals surface area contributed by atoms with Crippen LogP contribution < -0.4 is 11.1 Å². The molecule has 0 aliphatic carbocycles. The van der Waals surface area contributed by atoms with Crippen LogP contribution in [0.15, 0.2) is 5.38 Å². The number of rotatable bonds is 5. The molecule has 1 aromatic heterocycles. The van der Waals surface area contributed by atoms with Gasteiger partial charge >= 0.3 is 5.97 Å². The number of carbonyl (C=O) groups is 1. The predicted octanol–water partition coefficient (Wildman–Crippen LogP) is 1.21. The van der Waals surface area contributed by atoms with Gasteiger partial charge in [-0.15, -0.1) is 11.3 Å². The first-order valence-electron chi connectivity index (χ1n) is 5.90. The molecule has 1 aliphatic rings. The minimum absolute atomic E-state index is 0.160. The SMILES string of the molecule is CC(Nc1nc(C(N)C(=O)O)cs1)C1CCCO1. The van der Waals surface area contributed by atoms with Gasteiger partial charge in [0.25, 0.3) is 0 Å². The van der Waals surface area contributed by atoms with E-state index in [-0.39, 0.29) is 12.1 Å². The predicted molar refractivity (Wildman–Crippen MR) is 68.7 cm³/mol. The first-order valence-corrected chi connectivity index (χ1v) is 6.78. The van der Waals surface area contributed by atoms with E-state index in [9.17, 15) is 4.79 Å². The first-order chi connectivity index (χ1) is 8.58. The average Bonchev–Trinajstić information content (AvgIpc) is 2.98. The third kappa shape index (κ3) is 2.98. The van der Waals surface area contributed by atoms with E-state index in [1.807, 2.05) is 6.92 Å². The summed E-state index contributed by atoms with van der Waals surface area (Å²) in [4.78, 5) is 14.9. The van der Waals surface area contributed by atoms with Crippen LogP contribution in [0.25, 0.3) is 0 Å². The van der Waals surface area contributed by atoms with Gasteiger partial charge in [0, 0.05) is 12.0 Å². The molecule has 100 valence electrons. The summed E-state index contributed by atoms with van der Waals surface area (Å²) in [5.74, 6) is -1.07. The summed E-state index contributed by atoms with van der Waals surface area (Å²) in [5, 5.41) is 14.4. The number of nitrogens with two attached hydrogens (primary N) is 1. The van der Waals surface area contributed by atoms with Crippen LogP contribution in [0.3, 0.4) is 0 Å². The van der Waals surface area contributed by atoms with Gasteiger partial charge in [0.05, 0.1) is 17.8 Å². The van der Waals surface area contributed by atoms with Crippen LogP contribution in [-0.4, -0.2) is 34.8 Å². The van der Waals surface area contributed by atoms with E-state index in [2.05, 4.69) is 10.3 Å². The van der Waals surface area contributed by atoms with Gasteiger partial charge in [0.1, 0.15) is 6.04 Å². The molecule has 0 amide bonds. The zero-order valence-corrected chi connectivity index (χ0v) is 10.9. The molecule has 3 atom stereocenters. The van der Waals surface area contributed by atoms with E-state index >= 15 is 0 Å². The monoisotopic (exact) mass is 271 g/mol. The fraction of sp³-hybridized carbons (Fsp3) is 0.636. The van der Waals surface area contributed by atoms with Crippen LogP contribution >= 0.6 is 11.3 Å². The van der Waals surface area contributed by atoms with Gasteiger partial charge in [-0.3, -0.25) is 4.79 Å². The number of hydrogen-bond acceptors (Lipinski definition) is 6. The summed E-state index contributed by atoms with van der Waals surface area (Å²) in [7, 11) is 0. The van der Waals surface area contributed by atoms with Crippen LogP contribution in [0.1, 0.15) is 31.5 Å². The number of carboxylic acid groups (broad SMARTS) is 1. The molecule has 0 radical (unpaired) electrons. The van der Waals surface area contributed by atoms with Crippen molar-refractivity contribution in [3.8, 4) is 0 Å². The highest BCUT2D eigenvalue weighted by Crippen LogP contribution is 2.23. The second-order valence-electron chi connectivity index (χ2n) is 4.38. The molecule has 7 heteroatoms. The Morgan fingerprint density at radius 2 is 2.56 bits per heavy atom. The molecular formula is C11H17N3O3S. The number of carboxylic acids is 1. The Bertz CT molecular complexity index is 417. The van der Waals surface area contributed by atoms with Crippen LogP contribution in [-0.2, 0) is 9.53 Å². The standard InChI is InChI=1S/C11H17N3O3S/c1-6(8-3-2-4-17-8)13-11-14-7(5-18-11)9(12)10(15)16/h5-6,8-9H,2-4,12H2,1H3,(H,13,14)(H,15,16). The normalized spacial score (nSPS) is 22.7. The molecule has 0 saturated carbocycles. The van der Waals surface area contributed by atoms with Crippen LogP contribution in [0.5, 0.6) is 0 Å². The topological polar surface area (TPSA) is 97.5 Å². The number of aliphatic carboxylic acids is 1. The smallest absolute Gasteiger partial charge is 0.326 e. The largest absolute Gasteiger partial charge is 0.480 e. The molecule has 0 bridgehead atoms. The molecule has 6 nitrogen and oxygen atoms in total. The highest BCUT2D eigenvalue weighted by Gasteiger charge is 2.23. The van der Waals surface area contributed by atoms with Gasteiger partial charge in [-0.1, -0.05) is 0 Å². The third-order valence-electron chi connectivity index (χ3n) is 2.98. The number of hydrogen-bond donors (Lipinski definition) is 3. The lowest BCUT2D eigenvalue weighted by Crippen LogP contribution is -2.30. The van der Waals surface area contributed by atoms with Crippen molar-refractivity contribution < 1.29 is 14.6 Å². The van der Waals surface area contributed by atoms with Gasteiger partial charge in [0.15, 0.2) is 5.13 Å². The Hall–Kier alpha value is -1.18. The fourth-order valence-electron chi connectivity index (χ4n) is 1.91. The van der Waals surface area contributed by atoms with Crippen molar-refractivity contribution >= 4 is 22.4 Å². The van der Waals surface area contributed by atoms with Gasteiger partial charge in [-0.25, -0.2) is 4.98 Å². The summed E-state index contributed by atoms with van der Waals surface area (Å²) in [6.45, 7) is 2.85. The summed E-state index contributed by atoms with van der Waals surface area (Å²) in [6, 6.07) is -0.901. The van der Waals surface area contributed by atoms with Crippen molar-refractivity contribution in [2.24, 2.45) is 5.73 Å². The summed E-state index contributed by atoms with van der Waals surface area (Å²) >= 11 is 1.36. The van der Waals surface area contributed by atoms with Crippen molar-refractivity contribution in [3.05, 3.63) is 11.1 Å². The molecule has 4 N–H and O–H groups in total. The lowest BCUT2D eigenvalue weighted by atomic mass is 10.1. The zero-order chi connectivity index (χ0) is 13.1. The maximum absolute atomic E-state index is 10.7. The molecule has 18 heavy (non-hydrogen) atoms. The van der Waals surface area contributed by atoms with Crippen molar-refractivity contribution in [1.82, 2.24) is 4.98 Å². The molecule has 2 heterocycles. The fourth-order valence-corrected chi connectivity index (χ4v) is 2.75. The van der Waals surface area contributed by atoms with Crippen molar-refractivity contribution in [3.63, 3.8) is 0 Å². The molecular weight excluding hydrogens is 254 g/mol. The Labute approximate surface area is 109 Å². The highest BCUT2D eigenvalue weighted by atomic mass is 32.1. The number of ether oxygens (including phenoxy) is 1. The van der Waals surface area contributed by atoms with Crippen LogP contribution in [0.4, 0.5) is 5.13 Å². The summed E-state index contributed by atoms with van der Waals surface area (Å²) in [5.41, 5.74) is 5.88. The van der Waals surface area contributed by atoms with Crippen LogP contribution in [0, 0.1) is 0 Å². The maximum atomic E-state index is 10.7. The van der Waals surface area contributed by atoms with E-state index in [4.69, 9.17) is 15.6 Å². The van der Waals surface area contributed by atoms with Crippen LogP contribution in [0.2, 0.25) is 0 Å². The van der Waals surface area contributed by atoms with Gasteiger partial charge in [0.2, 0.25) is 0 Å². The minimum Gasteiger partial charge on any atom is -0.480 e. The summed E-state index contributed by atoms with van der Waals surface area (Å²) < 4.78 is 5.57. The second-order valence-corrected chi connectivity index (χ2v) is 5.24. The van der Waals surface area contributed by atoms with Gasteiger partial charge in [-0.2, -0.15) is 0 Å². The lowest BCUT2D eigenvalue weighted by molar-refractivity contribution is -0.138. The van der Waals surface area contributed by atoms with E-state index in [0.717, 1.165) is 19.4 Å². The van der Waals surface area contributed by atoms with Gasteiger partial charge < -0.3 is 20.9 Å². The van der Waals surface area contributed by atoms with Crippen molar-refractivity contribution in [2.45, 2.75) is 38.0 Å². The Kier molecular flexibility index (Phi) is 4.15. The molecule has 1 fully saturated rings. The Morgan fingerprint density at radius 1 is 1.78 bits per heavy atom. The number of anilines is 1. The zero-order valence-electron chi connectivity index (χ0n) is 10.1. The van der Waals surface area contributed by atoms with E-state index in [1.165, 1.54) is 11.3 Å². The molecule has 0 spiro atoms. The second kappa shape index (κ2) is 5.64. The van der Waals surface area contributed by atoms with Crippen molar-refractivity contribution in [2.75, 3.05) is 11.9 Å². The quantitative estimate of drug-likeness (QED) is 0.744.